The Morgan fingerprint density at radius 3 is 2.58 bits per heavy atom. The molecule has 1 aliphatic heterocycles. The lowest BCUT2D eigenvalue weighted by molar-refractivity contribution is -0.137. The van der Waals surface area contributed by atoms with Gasteiger partial charge in [-0.2, -0.15) is 0 Å². The molecule has 8 nitrogen and oxygen atoms in total. The monoisotopic (exact) mass is 483 g/mol. The summed E-state index contributed by atoms with van der Waals surface area (Å²) in [5.41, 5.74) is -1.23. The molecular weight excluding hydrogens is 453 g/mol. The number of piperidine rings is 1. The van der Waals surface area contributed by atoms with E-state index >= 15 is 0 Å². The second-order valence-corrected chi connectivity index (χ2v) is 10.1. The molecule has 10 heteroatoms. The highest BCUT2D eigenvalue weighted by molar-refractivity contribution is 6.30. The van der Waals surface area contributed by atoms with Crippen molar-refractivity contribution in [2.24, 2.45) is 5.92 Å². The van der Waals surface area contributed by atoms with Gasteiger partial charge in [0.15, 0.2) is 6.61 Å². The van der Waals surface area contributed by atoms with Gasteiger partial charge in [-0.05, 0) is 63.0 Å². The van der Waals surface area contributed by atoms with Crippen LogP contribution >= 0.6 is 11.6 Å². The molecule has 3 atom stereocenters. The zero-order valence-electron chi connectivity index (χ0n) is 18.4. The van der Waals surface area contributed by atoms with Crippen molar-refractivity contribution in [1.82, 2.24) is 16.0 Å². The number of rotatable bonds is 7. The van der Waals surface area contributed by atoms with Gasteiger partial charge in [0.2, 0.25) is 5.91 Å². The van der Waals surface area contributed by atoms with Gasteiger partial charge >= 0.3 is 0 Å². The Morgan fingerprint density at radius 2 is 1.97 bits per heavy atom. The first-order valence-electron chi connectivity index (χ1n) is 11.5. The third kappa shape index (κ3) is 5.26. The molecule has 4 fully saturated rings. The molecule has 2 bridgehead atoms. The minimum Gasteiger partial charge on any atom is -0.484 e. The van der Waals surface area contributed by atoms with Crippen molar-refractivity contribution >= 4 is 23.4 Å². The van der Waals surface area contributed by atoms with Gasteiger partial charge in [0.05, 0.1) is 22.7 Å². The summed E-state index contributed by atoms with van der Waals surface area (Å²) in [6.07, 6.45) is 3.45. The number of carbonyl (C=O) groups excluding carboxylic acids is 2. The fourth-order valence-corrected chi connectivity index (χ4v) is 5.45. The van der Waals surface area contributed by atoms with E-state index in [0.29, 0.717) is 45.1 Å². The summed E-state index contributed by atoms with van der Waals surface area (Å²) in [6.45, 7) is 0.427. The second-order valence-electron chi connectivity index (χ2n) is 9.65. The number of ether oxygens (including phenoxy) is 1. The van der Waals surface area contributed by atoms with Crippen molar-refractivity contribution in [3.8, 4) is 5.75 Å². The third-order valence-corrected chi connectivity index (χ3v) is 7.76. The lowest BCUT2D eigenvalue weighted by Crippen LogP contribution is -2.71. The normalized spacial score (nSPS) is 33.4. The Labute approximate surface area is 197 Å². The smallest absolute Gasteiger partial charge is 0.258 e. The van der Waals surface area contributed by atoms with Crippen LogP contribution in [0.2, 0.25) is 5.02 Å². The Bertz CT molecular complexity index is 885. The SMILES string of the molecule is O=C(COc1ccc(Cl)c(F)c1)NC12CCC(NC(=O)C3CCC(CO)CN3)(CC1)C[C@@H]2O. The van der Waals surface area contributed by atoms with E-state index in [9.17, 15) is 24.2 Å². The molecule has 2 unspecified atom stereocenters. The van der Waals surface area contributed by atoms with Crippen LogP contribution < -0.4 is 20.7 Å². The summed E-state index contributed by atoms with van der Waals surface area (Å²) in [5.74, 6) is -0.711. The molecule has 0 spiro atoms. The van der Waals surface area contributed by atoms with E-state index in [0.717, 1.165) is 12.5 Å². The van der Waals surface area contributed by atoms with Gasteiger partial charge in [0, 0.05) is 24.8 Å². The van der Waals surface area contributed by atoms with Crippen LogP contribution in [0, 0.1) is 11.7 Å². The molecule has 1 saturated heterocycles. The maximum absolute atomic E-state index is 13.5. The number of aliphatic hydroxyl groups excluding tert-OH is 2. The second kappa shape index (κ2) is 9.74. The first-order chi connectivity index (χ1) is 15.7. The lowest BCUT2D eigenvalue weighted by atomic mass is 9.59. The minimum atomic E-state index is -0.796. The summed E-state index contributed by atoms with van der Waals surface area (Å²) in [5, 5.41) is 29.4. The molecule has 3 aliphatic carbocycles. The van der Waals surface area contributed by atoms with E-state index in [1.54, 1.807) is 0 Å². The largest absolute Gasteiger partial charge is 0.484 e. The van der Waals surface area contributed by atoms with Crippen molar-refractivity contribution < 1.29 is 28.9 Å². The summed E-state index contributed by atoms with van der Waals surface area (Å²) in [4.78, 5) is 25.3. The molecule has 33 heavy (non-hydrogen) atoms. The highest BCUT2D eigenvalue weighted by atomic mass is 35.5. The van der Waals surface area contributed by atoms with Crippen molar-refractivity contribution in [3.05, 3.63) is 29.0 Å². The number of hydrogen-bond donors (Lipinski definition) is 5. The van der Waals surface area contributed by atoms with Crippen LogP contribution in [0.1, 0.15) is 44.9 Å². The van der Waals surface area contributed by atoms with Crippen LogP contribution in [-0.2, 0) is 9.59 Å². The van der Waals surface area contributed by atoms with E-state index in [2.05, 4.69) is 16.0 Å². The molecule has 1 aromatic rings. The third-order valence-electron chi connectivity index (χ3n) is 7.45. The quantitative estimate of drug-likeness (QED) is 0.398. The highest BCUT2D eigenvalue weighted by Gasteiger charge is 2.55. The average molecular weight is 484 g/mol. The minimum absolute atomic E-state index is 0.0255. The van der Waals surface area contributed by atoms with Gasteiger partial charge < -0.3 is 30.9 Å². The standard InChI is InChI=1S/C23H31ClFN3O5/c24-16-3-2-15(9-17(16)25)33-13-20(31)27-23-7-5-22(6-8-23,10-19(23)30)28-21(32)18-4-1-14(12-29)11-26-18/h2-3,9,14,18-19,26,29-30H,1,4-8,10-13H2,(H,27,31)(H,28,32)/t14?,18?,19-,22?,23?/m0/s1. The molecule has 3 saturated carbocycles. The van der Waals surface area contributed by atoms with Gasteiger partial charge in [-0.15, -0.1) is 0 Å². The summed E-state index contributed by atoms with van der Waals surface area (Å²) in [6, 6.07) is 3.67. The molecule has 4 aliphatic rings. The van der Waals surface area contributed by atoms with Crippen molar-refractivity contribution in [2.45, 2.75) is 68.2 Å². The van der Waals surface area contributed by atoms with Gasteiger partial charge in [-0.1, -0.05) is 11.6 Å². The van der Waals surface area contributed by atoms with Crippen LogP contribution in [0.3, 0.4) is 0 Å². The molecule has 2 amide bonds. The summed E-state index contributed by atoms with van der Waals surface area (Å²) in [7, 11) is 0. The number of aliphatic hydroxyl groups is 2. The van der Waals surface area contributed by atoms with Crippen molar-refractivity contribution in [1.29, 1.82) is 0 Å². The first kappa shape index (κ1) is 24.2. The molecule has 5 rings (SSSR count). The predicted molar refractivity (Wildman–Crippen MR) is 119 cm³/mol. The van der Waals surface area contributed by atoms with E-state index in [1.807, 2.05) is 0 Å². The highest BCUT2D eigenvalue weighted by Crippen LogP contribution is 2.47. The van der Waals surface area contributed by atoms with E-state index in [4.69, 9.17) is 16.3 Å². The fraction of sp³-hybridized carbons (Fsp3) is 0.652. The van der Waals surface area contributed by atoms with Gasteiger partial charge in [-0.3, -0.25) is 9.59 Å². The summed E-state index contributed by atoms with van der Waals surface area (Å²) < 4.78 is 18.9. The molecule has 0 aromatic heterocycles. The number of halogens is 2. The molecular formula is C23H31ClFN3O5. The van der Waals surface area contributed by atoms with Gasteiger partial charge in [-0.25, -0.2) is 4.39 Å². The maximum atomic E-state index is 13.5. The molecule has 1 heterocycles. The van der Waals surface area contributed by atoms with Crippen LogP contribution in [0.5, 0.6) is 5.75 Å². The van der Waals surface area contributed by atoms with E-state index in [1.165, 1.54) is 12.1 Å². The molecule has 0 radical (unpaired) electrons. The maximum Gasteiger partial charge on any atom is 0.258 e. The van der Waals surface area contributed by atoms with E-state index in [-0.39, 0.29) is 41.9 Å². The van der Waals surface area contributed by atoms with Gasteiger partial charge in [0.25, 0.3) is 5.91 Å². The van der Waals surface area contributed by atoms with Gasteiger partial charge in [0.1, 0.15) is 11.6 Å². The first-order valence-corrected chi connectivity index (χ1v) is 11.9. The Kier molecular flexibility index (Phi) is 7.14. The lowest BCUT2D eigenvalue weighted by Gasteiger charge is -2.56. The molecule has 5 N–H and O–H groups in total. The van der Waals surface area contributed by atoms with E-state index < -0.39 is 28.9 Å². The Hall–Kier alpha value is -1.94. The molecule has 1 aromatic carbocycles. The fourth-order valence-electron chi connectivity index (χ4n) is 5.33. The van der Waals surface area contributed by atoms with Crippen molar-refractivity contribution in [2.75, 3.05) is 19.8 Å². The average Bonchev–Trinajstić information content (AvgIpc) is 2.81. The van der Waals surface area contributed by atoms with Crippen LogP contribution in [-0.4, -0.2) is 65.0 Å². The molecule has 182 valence electrons. The number of carbonyl (C=O) groups is 2. The number of fused-ring (bicyclic) bond motifs is 3. The van der Waals surface area contributed by atoms with Crippen LogP contribution in [0.4, 0.5) is 4.39 Å². The predicted octanol–water partition coefficient (Wildman–Crippen LogP) is 1.27. The number of benzene rings is 1. The summed E-state index contributed by atoms with van der Waals surface area (Å²) >= 11 is 5.65. The Balaban J connectivity index is 1.29. The van der Waals surface area contributed by atoms with Crippen LogP contribution in [0.25, 0.3) is 0 Å². The topological polar surface area (TPSA) is 120 Å². The van der Waals surface area contributed by atoms with Crippen molar-refractivity contribution in [3.63, 3.8) is 0 Å². The number of hydrogen-bond acceptors (Lipinski definition) is 6. The Morgan fingerprint density at radius 1 is 1.21 bits per heavy atom. The van der Waals surface area contributed by atoms with Crippen LogP contribution in [0.15, 0.2) is 18.2 Å². The number of nitrogens with one attached hydrogen (secondary N) is 3. The number of amides is 2. The zero-order chi connectivity index (χ0) is 23.6. The zero-order valence-corrected chi connectivity index (χ0v) is 19.2.